The fourth-order valence-electron chi connectivity index (χ4n) is 1.01. The number of benzene rings is 1. The fourth-order valence-corrected chi connectivity index (χ4v) is 1.83. The van der Waals surface area contributed by atoms with E-state index in [1.54, 1.807) is 0 Å². The molecule has 0 aliphatic carbocycles. The van der Waals surface area contributed by atoms with Crippen LogP contribution < -0.4 is 43.9 Å². The Labute approximate surface area is 132 Å². The zero-order chi connectivity index (χ0) is 13.8. The van der Waals surface area contributed by atoms with E-state index in [1.165, 1.54) is 25.1 Å². The summed E-state index contributed by atoms with van der Waals surface area (Å²) >= 11 is 0. The van der Waals surface area contributed by atoms with Gasteiger partial charge in [-0.25, -0.2) is 4.52 Å². The third-order valence-corrected chi connectivity index (χ3v) is 2.62. The second kappa shape index (κ2) is 8.08. The van der Waals surface area contributed by atoms with Gasteiger partial charge in [0.1, 0.15) is 6.61 Å². The molecule has 0 fully saturated rings. The van der Waals surface area contributed by atoms with E-state index in [2.05, 4.69) is 9.05 Å². The van der Waals surface area contributed by atoms with Crippen LogP contribution in [0.2, 0.25) is 0 Å². The first kappa shape index (κ1) is 18.7. The Morgan fingerprint density at radius 1 is 1.47 bits per heavy atom. The van der Waals surface area contributed by atoms with Crippen molar-refractivity contribution >= 4 is 13.9 Å². The molecule has 1 atom stereocenters. The minimum Gasteiger partial charge on any atom is -0.627 e. The third-order valence-electron chi connectivity index (χ3n) is 1.72. The Hall–Kier alpha value is -0.310. The van der Waals surface area contributed by atoms with E-state index in [9.17, 15) is 19.9 Å². The van der Waals surface area contributed by atoms with Crippen molar-refractivity contribution < 1.29 is 58.4 Å². The van der Waals surface area contributed by atoms with Gasteiger partial charge in [0.15, 0.2) is 5.75 Å². The van der Waals surface area contributed by atoms with Crippen LogP contribution >= 0.6 is 8.17 Å². The first-order chi connectivity index (χ1) is 8.30. The third kappa shape index (κ3) is 7.14. The Morgan fingerprint density at radius 3 is 2.63 bits per heavy atom. The van der Waals surface area contributed by atoms with Gasteiger partial charge in [0.05, 0.1) is 17.1 Å². The van der Waals surface area contributed by atoms with Crippen molar-refractivity contribution in [3.8, 4) is 5.75 Å². The topological polar surface area (TPSA) is 128 Å². The summed E-state index contributed by atoms with van der Waals surface area (Å²) in [4.78, 5) is 32.4. The Kier molecular flexibility index (Phi) is 7.95. The van der Waals surface area contributed by atoms with Gasteiger partial charge in [-0.05, 0) is 13.0 Å². The second-order valence-electron chi connectivity index (χ2n) is 3.44. The number of phosphoric acid groups is 1. The molecule has 19 heavy (non-hydrogen) atoms. The maximum Gasteiger partial charge on any atom is 1.00 e. The molecule has 10 heteroatoms. The molecular weight excluding hydrogens is 288 g/mol. The van der Waals surface area contributed by atoms with Gasteiger partial charge in [-0.3, -0.25) is 10.1 Å². The molecule has 0 spiro atoms. The van der Waals surface area contributed by atoms with Crippen LogP contribution in [-0.2, 0) is 4.52 Å². The van der Waals surface area contributed by atoms with E-state index in [0.29, 0.717) is 0 Å². The van der Waals surface area contributed by atoms with Crippen molar-refractivity contribution in [2.75, 3.05) is 6.61 Å². The van der Waals surface area contributed by atoms with E-state index in [4.69, 9.17) is 5.11 Å². The molecule has 8 nitrogen and oxygen atoms in total. The van der Waals surface area contributed by atoms with Crippen LogP contribution in [0.25, 0.3) is 0 Å². The van der Waals surface area contributed by atoms with Gasteiger partial charge in [-0.15, -0.1) is 0 Å². The molecule has 0 heterocycles. The van der Waals surface area contributed by atoms with Gasteiger partial charge < -0.3 is 19.4 Å². The maximum atomic E-state index is 11.3. The van der Waals surface area contributed by atoms with Crippen molar-refractivity contribution in [2.45, 2.75) is 13.0 Å². The Bertz CT molecular complexity index is 429. The molecule has 0 aliphatic heterocycles. The summed E-state index contributed by atoms with van der Waals surface area (Å²) in [5.41, 5.74) is -0.303. The molecule has 1 unspecified atom stereocenters. The summed E-state index contributed by atoms with van der Waals surface area (Å²) in [5, 5.41) is 19.3. The molecule has 0 saturated carbocycles. The van der Waals surface area contributed by atoms with Gasteiger partial charge in [0, 0.05) is 6.07 Å². The quantitative estimate of drug-likeness (QED) is 0.253. The maximum absolute atomic E-state index is 11.3. The molecule has 0 saturated heterocycles. The van der Waals surface area contributed by atoms with Gasteiger partial charge >= 0.3 is 29.6 Å². The number of hydrogen-bond acceptors (Lipinski definition) is 7. The SMILES string of the molecule is CC(O)CO[P+]([O-])([O-])Oc1cccc([N+](=O)[O-])c1.[Na+]. The Morgan fingerprint density at radius 2 is 2.11 bits per heavy atom. The van der Waals surface area contributed by atoms with E-state index < -0.39 is 25.8 Å². The monoisotopic (exact) mass is 299 g/mol. The van der Waals surface area contributed by atoms with Crippen LogP contribution in [0.5, 0.6) is 5.75 Å². The molecule has 0 aliphatic rings. The fraction of sp³-hybridized carbons (Fsp3) is 0.333. The molecule has 1 aromatic carbocycles. The van der Waals surface area contributed by atoms with Crippen LogP contribution in [0.1, 0.15) is 6.92 Å². The average Bonchev–Trinajstić information content (AvgIpc) is 2.26. The van der Waals surface area contributed by atoms with Gasteiger partial charge in [-0.1, -0.05) is 6.07 Å². The van der Waals surface area contributed by atoms with E-state index in [1.807, 2.05) is 0 Å². The zero-order valence-electron chi connectivity index (χ0n) is 10.4. The summed E-state index contributed by atoms with van der Waals surface area (Å²) in [6.45, 7) is 0.892. The van der Waals surface area contributed by atoms with Crippen LogP contribution in [-0.4, -0.2) is 22.7 Å². The van der Waals surface area contributed by atoms with Gasteiger partial charge in [0.25, 0.3) is 5.69 Å². The number of rotatable bonds is 6. The van der Waals surface area contributed by atoms with Crippen LogP contribution in [0, 0.1) is 10.1 Å². The molecule has 0 radical (unpaired) electrons. The predicted octanol–water partition coefficient (Wildman–Crippen LogP) is -3.23. The van der Waals surface area contributed by atoms with E-state index >= 15 is 0 Å². The largest absolute Gasteiger partial charge is 1.00 e. The number of nitrogens with zero attached hydrogens (tertiary/aromatic N) is 1. The molecular formula is C9H11NNaO7P. The van der Waals surface area contributed by atoms with E-state index in [0.717, 1.165) is 6.07 Å². The molecule has 1 N–H and O–H groups in total. The summed E-state index contributed by atoms with van der Waals surface area (Å²) in [5.74, 6) is -0.229. The first-order valence-corrected chi connectivity index (χ1v) is 6.34. The van der Waals surface area contributed by atoms with E-state index in [-0.39, 0.29) is 41.0 Å². The number of hydrogen-bond donors (Lipinski definition) is 1. The van der Waals surface area contributed by atoms with Crippen molar-refractivity contribution in [3.63, 3.8) is 0 Å². The minimum atomic E-state index is -4.65. The smallest absolute Gasteiger partial charge is 0.627 e. The number of nitro groups is 1. The van der Waals surface area contributed by atoms with Crippen LogP contribution in [0.3, 0.4) is 0 Å². The van der Waals surface area contributed by atoms with Gasteiger partial charge in [0.2, 0.25) is 8.17 Å². The molecule has 0 bridgehead atoms. The van der Waals surface area contributed by atoms with Crippen molar-refractivity contribution in [1.29, 1.82) is 0 Å². The summed E-state index contributed by atoms with van der Waals surface area (Å²) < 4.78 is 8.86. The summed E-state index contributed by atoms with van der Waals surface area (Å²) in [7, 11) is -4.65. The number of non-ortho nitro benzene ring substituents is 1. The number of phosphoric ester groups is 1. The average molecular weight is 299 g/mol. The van der Waals surface area contributed by atoms with Gasteiger partial charge in [-0.2, -0.15) is 0 Å². The number of aliphatic hydroxyl groups excluding tert-OH is 1. The zero-order valence-corrected chi connectivity index (χ0v) is 13.3. The predicted molar refractivity (Wildman–Crippen MR) is 58.3 cm³/mol. The molecule has 100 valence electrons. The first-order valence-electron chi connectivity index (χ1n) is 4.88. The molecule has 0 amide bonds. The normalized spacial score (nSPS) is 12.4. The Balaban J connectivity index is 0.00000324. The minimum absolute atomic E-state index is 0. The van der Waals surface area contributed by atoms with Crippen molar-refractivity contribution in [3.05, 3.63) is 34.4 Å². The molecule has 1 rings (SSSR count). The molecule has 0 aromatic heterocycles. The van der Waals surface area contributed by atoms with Crippen LogP contribution in [0.15, 0.2) is 24.3 Å². The number of aliphatic hydroxyl groups is 1. The summed E-state index contributed by atoms with van der Waals surface area (Å²) in [6, 6.07) is 4.67. The van der Waals surface area contributed by atoms with Crippen LogP contribution in [0.4, 0.5) is 5.69 Å². The number of nitro benzene ring substituents is 1. The summed E-state index contributed by atoms with van der Waals surface area (Å²) in [6.07, 6.45) is -0.971. The second-order valence-corrected chi connectivity index (χ2v) is 4.77. The van der Waals surface area contributed by atoms with Crippen molar-refractivity contribution in [2.24, 2.45) is 0 Å². The van der Waals surface area contributed by atoms with Crippen molar-refractivity contribution in [1.82, 2.24) is 0 Å². The molecule has 1 aromatic rings. The standard InChI is InChI=1S/C9H12NO7P.Na/c1-7(11)6-16-18(14,15)17-9-4-2-3-8(5-9)10(12)13;/h2-5,7,11H,6H2,1H3,(H,14,15);/q;+1/p-1.